The molecule has 0 radical (unpaired) electrons. The molecule has 0 saturated heterocycles. The summed E-state index contributed by atoms with van der Waals surface area (Å²) in [4.78, 5) is 16.4. The standard InChI is InChI=1S/C19H26N6O2/c1-11(2)7-17(19(26)27)16(18-22-24-25-23-18)9-15-6-5-14(10-21-15)12(3)8-13(4)20/h5-6,8,10-11,16-17H,4,7,9,20H2,1-3H3,(H,26,27)(H,22,23,24,25)/b12-8+/t16-,17-/m0/s1. The quantitative estimate of drug-likeness (QED) is 0.578. The summed E-state index contributed by atoms with van der Waals surface area (Å²) in [7, 11) is 0. The molecule has 0 amide bonds. The molecule has 0 aliphatic rings. The van der Waals surface area contributed by atoms with Crippen molar-refractivity contribution in [1.29, 1.82) is 0 Å². The van der Waals surface area contributed by atoms with Gasteiger partial charge in [-0.25, -0.2) is 0 Å². The van der Waals surface area contributed by atoms with Crippen LogP contribution in [0.1, 0.15) is 50.2 Å². The number of H-pyrrole nitrogens is 1. The molecule has 2 aromatic rings. The van der Waals surface area contributed by atoms with Gasteiger partial charge in [0.05, 0.1) is 5.92 Å². The number of aromatic nitrogens is 5. The van der Waals surface area contributed by atoms with Gasteiger partial charge in [-0.1, -0.05) is 31.7 Å². The van der Waals surface area contributed by atoms with E-state index in [9.17, 15) is 9.90 Å². The van der Waals surface area contributed by atoms with Crippen molar-refractivity contribution in [2.75, 3.05) is 0 Å². The number of hydrogen-bond acceptors (Lipinski definition) is 6. The molecule has 0 unspecified atom stereocenters. The third-order valence-electron chi connectivity index (χ3n) is 4.33. The first-order valence-corrected chi connectivity index (χ1v) is 8.82. The van der Waals surface area contributed by atoms with Crippen LogP contribution in [0.3, 0.4) is 0 Å². The summed E-state index contributed by atoms with van der Waals surface area (Å²) < 4.78 is 0. The van der Waals surface area contributed by atoms with Crippen molar-refractivity contribution in [3.63, 3.8) is 0 Å². The van der Waals surface area contributed by atoms with Crippen LogP contribution in [0, 0.1) is 11.8 Å². The number of aromatic amines is 1. The zero-order chi connectivity index (χ0) is 20.0. The molecule has 2 heterocycles. The van der Waals surface area contributed by atoms with Crippen LogP contribution < -0.4 is 5.73 Å². The molecule has 4 N–H and O–H groups in total. The Morgan fingerprint density at radius 2 is 2.15 bits per heavy atom. The van der Waals surface area contributed by atoms with Gasteiger partial charge in [0.25, 0.3) is 0 Å². The molecule has 0 aromatic carbocycles. The predicted octanol–water partition coefficient (Wildman–Crippen LogP) is 2.54. The number of nitrogens with two attached hydrogens (primary N) is 1. The fraction of sp³-hybridized carbons (Fsp3) is 0.421. The second kappa shape index (κ2) is 9.07. The summed E-state index contributed by atoms with van der Waals surface area (Å²) >= 11 is 0. The Hall–Kier alpha value is -3.03. The Morgan fingerprint density at radius 1 is 1.41 bits per heavy atom. The molecular weight excluding hydrogens is 344 g/mol. The van der Waals surface area contributed by atoms with Gasteiger partial charge >= 0.3 is 5.97 Å². The molecule has 8 heteroatoms. The van der Waals surface area contributed by atoms with Crippen LogP contribution in [0.15, 0.2) is 36.7 Å². The molecule has 144 valence electrons. The molecule has 0 fully saturated rings. The molecule has 0 saturated carbocycles. The highest BCUT2D eigenvalue weighted by atomic mass is 16.4. The van der Waals surface area contributed by atoms with Gasteiger partial charge in [0.1, 0.15) is 0 Å². The molecule has 0 spiro atoms. The van der Waals surface area contributed by atoms with Crippen LogP contribution in [0.5, 0.6) is 0 Å². The number of hydrogen-bond donors (Lipinski definition) is 3. The van der Waals surface area contributed by atoms with E-state index >= 15 is 0 Å². The number of aliphatic carboxylic acids is 1. The maximum atomic E-state index is 11.9. The summed E-state index contributed by atoms with van der Waals surface area (Å²) in [5.74, 6) is -1.28. The lowest BCUT2D eigenvalue weighted by atomic mass is 9.82. The molecule has 2 aromatic heterocycles. The van der Waals surface area contributed by atoms with Crippen molar-refractivity contribution in [2.24, 2.45) is 17.6 Å². The van der Waals surface area contributed by atoms with Gasteiger partial charge in [0.15, 0.2) is 5.82 Å². The molecule has 0 aliphatic carbocycles. The fourth-order valence-corrected chi connectivity index (χ4v) is 3.05. The number of carbonyl (C=O) groups is 1. The van der Waals surface area contributed by atoms with Crippen LogP contribution in [-0.2, 0) is 11.2 Å². The second-order valence-electron chi connectivity index (χ2n) is 7.10. The first-order chi connectivity index (χ1) is 12.8. The summed E-state index contributed by atoms with van der Waals surface area (Å²) in [5, 5.41) is 23.8. The van der Waals surface area contributed by atoms with E-state index in [2.05, 4.69) is 32.2 Å². The first kappa shape index (κ1) is 20.3. The maximum Gasteiger partial charge on any atom is 0.307 e. The summed E-state index contributed by atoms with van der Waals surface area (Å²) in [6.45, 7) is 9.59. The van der Waals surface area contributed by atoms with Crippen LogP contribution in [0.4, 0.5) is 0 Å². The average molecular weight is 370 g/mol. The minimum Gasteiger partial charge on any atom is -0.481 e. The summed E-state index contributed by atoms with van der Waals surface area (Å²) in [6.07, 6.45) is 4.46. The van der Waals surface area contributed by atoms with E-state index in [0.29, 0.717) is 24.4 Å². The number of carboxylic acid groups (broad SMARTS) is 1. The molecule has 2 rings (SSSR count). The summed E-state index contributed by atoms with van der Waals surface area (Å²) in [5.41, 5.74) is 8.74. The van der Waals surface area contributed by atoms with Gasteiger partial charge in [-0.05, 0) is 42.5 Å². The third-order valence-corrected chi connectivity index (χ3v) is 4.33. The zero-order valence-electron chi connectivity index (χ0n) is 15.9. The normalized spacial score (nSPS) is 14.1. The van der Waals surface area contributed by atoms with Crippen LogP contribution in [-0.4, -0.2) is 36.7 Å². The van der Waals surface area contributed by atoms with E-state index < -0.39 is 17.8 Å². The minimum absolute atomic E-state index is 0.230. The van der Waals surface area contributed by atoms with Gasteiger partial charge in [-0.15, -0.1) is 10.2 Å². The van der Waals surface area contributed by atoms with Crippen LogP contribution in [0.2, 0.25) is 0 Å². The number of nitrogens with zero attached hydrogens (tertiary/aromatic N) is 4. The maximum absolute atomic E-state index is 11.9. The molecule has 0 bridgehead atoms. The number of rotatable bonds is 9. The smallest absolute Gasteiger partial charge is 0.307 e. The zero-order valence-corrected chi connectivity index (χ0v) is 15.9. The Bertz CT molecular complexity index is 796. The topological polar surface area (TPSA) is 131 Å². The Morgan fingerprint density at radius 3 is 2.63 bits per heavy atom. The van der Waals surface area contributed by atoms with E-state index in [4.69, 9.17) is 5.73 Å². The number of allylic oxidation sites excluding steroid dienone is 2. The van der Waals surface area contributed by atoms with Gasteiger partial charge in [-0.2, -0.15) is 5.21 Å². The average Bonchev–Trinajstić information content (AvgIpc) is 3.11. The molecule has 2 atom stereocenters. The van der Waals surface area contributed by atoms with Gasteiger partial charge in [0, 0.05) is 29.9 Å². The Balaban J connectivity index is 2.28. The van der Waals surface area contributed by atoms with Gasteiger partial charge < -0.3 is 10.8 Å². The lowest BCUT2D eigenvalue weighted by Crippen LogP contribution is -2.26. The largest absolute Gasteiger partial charge is 0.481 e. The molecule has 27 heavy (non-hydrogen) atoms. The van der Waals surface area contributed by atoms with Gasteiger partial charge in [-0.3, -0.25) is 9.78 Å². The number of nitrogens with one attached hydrogen (secondary N) is 1. The lowest BCUT2D eigenvalue weighted by molar-refractivity contribution is -0.143. The highest BCUT2D eigenvalue weighted by Gasteiger charge is 2.33. The van der Waals surface area contributed by atoms with Crippen LogP contribution in [0.25, 0.3) is 5.57 Å². The van der Waals surface area contributed by atoms with Crippen molar-refractivity contribution in [3.8, 4) is 0 Å². The monoisotopic (exact) mass is 370 g/mol. The third kappa shape index (κ3) is 5.73. The van der Waals surface area contributed by atoms with Crippen molar-refractivity contribution in [1.82, 2.24) is 25.6 Å². The van der Waals surface area contributed by atoms with E-state index in [1.165, 1.54) is 0 Å². The van der Waals surface area contributed by atoms with E-state index in [-0.39, 0.29) is 5.92 Å². The van der Waals surface area contributed by atoms with Gasteiger partial charge in [0.2, 0.25) is 0 Å². The highest BCUT2D eigenvalue weighted by Crippen LogP contribution is 2.31. The lowest BCUT2D eigenvalue weighted by Gasteiger charge is -2.22. The first-order valence-electron chi connectivity index (χ1n) is 8.82. The number of carboxylic acids is 1. The van der Waals surface area contributed by atoms with Crippen molar-refractivity contribution < 1.29 is 9.90 Å². The second-order valence-corrected chi connectivity index (χ2v) is 7.10. The van der Waals surface area contributed by atoms with Crippen molar-refractivity contribution in [2.45, 2.75) is 39.5 Å². The van der Waals surface area contributed by atoms with Crippen molar-refractivity contribution >= 4 is 11.5 Å². The van der Waals surface area contributed by atoms with Crippen molar-refractivity contribution in [3.05, 3.63) is 53.8 Å². The number of tetrazole rings is 1. The van der Waals surface area contributed by atoms with E-state index in [1.54, 1.807) is 12.3 Å². The van der Waals surface area contributed by atoms with E-state index in [1.807, 2.05) is 32.9 Å². The molecule has 8 nitrogen and oxygen atoms in total. The summed E-state index contributed by atoms with van der Waals surface area (Å²) in [6, 6.07) is 3.82. The number of pyridine rings is 1. The molecule has 0 aliphatic heterocycles. The predicted molar refractivity (Wildman–Crippen MR) is 102 cm³/mol. The SMILES string of the molecule is C=C(N)/C=C(\C)c1ccc(C[C@H](c2nn[nH]n2)[C@H](CC(C)C)C(=O)O)nc1. The van der Waals surface area contributed by atoms with E-state index in [0.717, 1.165) is 16.8 Å². The fourth-order valence-electron chi connectivity index (χ4n) is 3.05. The molecular formula is C19H26N6O2. The Kier molecular flexibility index (Phi) is 6.81. The minimum atomic E-state index is -0.865. The van der Waals surface area contributed by atoms with Crippen LogP contribution >= 0.6 is 0 Å². The Labute approximate surface area is 158 Å². The highest BCUT2D eigenvalue weighted by molar-refractivity contribution is 5.71.